The quantitative estimate of drug-likeness (QED) is 0.346. The highest BCUT2D eigenvalue weighted by Crippen LogP contribution is 2.35. The number of anilines is 2. The van der Waals surface area contributed by atoms with Gasteiger partial charge in [-0.15, -0.1) is 5.10 Å². The number of hydrogen-bond donors (Lipinski definition) is 2. The molecule has 0 fully saturated rings. The van der Waals surface area contributed by atoms with Gasteiger partial charge in [0.1, 0.15) is 23.2 Å². The summed E-state index contributed by atoms with van der Waals surface area (Å²) in [5.41, 5.74) is 8.95. The highest BCUT2D eigenvalue weighted by atomic mass is 19.1. The maximum Gasteiger partial charge on any atom is 0.225 e. The van der Waals surface area contributed by atoms with Crippen molar-refractivity contribution in [3.05, 3.63) is 90.0 Å². The van der Waals surface area contributed by atoms with Crippen LogP contribution in [-0.2, 0) is 6.42 Å². The van der Waals surface area contributed by atoms with Crippen LogP contribution in [0.2, 0.25) is 0 Å². The molecule has 3 aromatic carbocycles. The third-order valence-electron chi connectivity index (χ3n) is 5.61. The van der Waals surface area contributed by atoms with Crippen LogP contribution in [0.3, 0.4) is 0 Å². The van der Waals surface area contributed by atoms with Gasteiger partial charge in [0.15, 0.2) is 5.65 Å². The Kier molecular flexibility index (Phi) is 5.97. The molecule has 3 N–H and O–H groups in total. The van der Waals surface area contributed by atoms with Crippen molar-refractivity contribution in [1.29, 1.82) is 0 Å². The smallest absolute Gasteiger partial charge is 0.225 e. The Balaban J connectivity index is 1.60. The van der Waals surface area contributed by atoms with Gasteiger partial charge < -0.3 is 15.8 Å². The summed E-state index contributed by atoms with van der Waals surface area (Å²) in [6.45, 7) is 0.564. The van der Waals surface area contributed by atoms with Crippen molar-refractivity contribution >= 4 is 22.8 Å². The number of ether oxygens (including phenoxy) is 1. The van der Waals surface area contributed by atoms with E-state index in [2.05, 4.69) is 20.4 Å². The minimum absolute atomic E-state index is 0.215. The minimum atomic E-state index is -0.520. The molecule has 0 bridgehead atoms. The molecule has 0 unspecified atom stereocenters. The van der Waals surface area contributed by atoms with Crippen LogP contribution in [0.15, 0.2) is 72.8 Å². The number of fused-ring (bicyclic) bond motifs is 1. The van der Waals surface area contributed by atoms with Gasteiger partial charge >= 0.3 is 0 Å². The first kappa shape index (κ1) is 22.3. The summed E-state index contributed by atoms with van der Waals surface area (Å²) in [5, 5.41) is 8.12. The molecule has 0 saturated carbocycles. The van der Waals surface area contributed by atoms with Crippen molar-refractivity contribution in [2.24, 2.45) is 0 Å². The zero-order chi connectivity index (χ0) is 24.4. The first-order valence-electron chi connectivity index (χ1n) is 11.0. The van der Waals surface area contributed by atoms with E-state index >= 15 is 4.39 Å². The van der Waals surface area contributed by atoms with E-state index in [1.165, 1.54) is 30.0 Å². The number of methoxy groups -OCH3 is 1. The first-order valence-corrected chi connectivity index (χ1v) is 11.0. The van der Waals surface area contributed by atoms with Crippen molar-refractivity contribution in [2.75, 3.05) is 24.7 Å². The van der Waals surface area contributed by atoms with Crippen molar-refractivity contribution in [2.45, 2.75) is 6.42 Å². The number of nitrogens with zero attached hydrogens (tertiary/aromatic N) is 4. The third kappa shape index (κ3) is 4.48. The Bertz CT molecular complexity index is 1490. The van der Waals surface area contributed by atoms with Crippen LogP contribution >= 0.6 is 0 Å². The van der Waals surface area contributed by atoms with Gasteiger partial charge in [0.2, 0.25) is 5.95 Å². The number of rotatable bonds is 7. The van der Waals surface area contributed by atoms with Gasteiger partial charge in [-0.1, -0.05) is 30.3 Å². The van der Waals surface area contributed by atoms with Crippen LogP contribution in [0.1, 0.15) is 5.56 Å². The lowest BCUT2D eigenvalue weighted by molar-refractivity contribution is 0.411. The van der Waals surface area contributed by atoms with E-state index < -0.39 is 5.82 Å². The molecule has 0 aliphatic carbocycles. The molecule has 0 spiro atoms. The maximum atomic E-state index is 15.1. The fraction of sp³-hybridized carbons (Fsp3) is 0.115. The molecule has 176 valence electrons. The molecular formula is C26H22F2N6O. The third-order valence-corrected chi connectivity index (χ3v) is 5.61. The number of nitrogens with two attached hydrogens (primary N) is 1. The molecule has 0 aliphatic heterocycles. The number of nitrogens with one attached hydrogen (secondary N) is 1. The normalized spacial score (nSPS) is 11.1. The van der Waals surface area contributed by atoms with Gasteiger partial charge in [0, 0.05) is 18.2 Å². The van der Waals surface area contributed by atoms with Crippen LogP contribution in [0, 0.1) is 11.6 Å². The molecular weight excluding hydrogens is 450 g/mol. The van der Waals surface area contributed by atoms with Crippen molar-refractivity contribution in [3.63, 3.8) is 0 Å². The number of nitrogen functional groups attached to an aromatic ring is 1. The lowest BCUT2D eigenvalue weighted by atomic mass is 10.1. The zero-order valence-corrected chi connectivity index (χ0v) is 18.9. The van der Waals surface area contributed by atoms with Crippen LogP contribution < -0.4 is 15.8 Å². The SMILES string of the molecule is COc1ccc(-c2nc(NCCc3ccccc3)nc3nn(-c4ccc(F)cc4)c(N)c23)c(F)c1. The largest absolute Gasteiger partial charge is 0.497 e. The molecule has 0 saturated heterocycles. The molecule has 0 amide bonds. The monoisotopic (exact) mass is 472 g/mol. The highest BCUT2D eigenvalue weighted by molar-refractivity contribution is 5.99. The number of benzene rings is 3. The number of hydrogen-bond acceptors (Lipinski definition) is 6. The summed E-state index contributed by atoms with van der Waals surface area (Å²) >= 11 is 0. The minimum Gasteiger partial charge on any atom is -0.497 e. The summed E-state index contributed by atoms with van der Waals surface area (Å²) in [4.78, 5) is 9.13. The molecule has 35 heavy (non-hydrogen) atoms. The van der Waals surface area contributed by atoms with Crippen molar-refractivity contribution in [1.82, 2.24) is 19.7 Å². The van der Waals surface area contributed by atoms with Gasteiger partial charge in [-0.05, 0) is 48.4 Å². The van der Waals surface area contributed by atoms with Gasteiger partial charge in [-0.25, -0.2) is 18.4 Å². The summed E-state index contributed by atoms with van der Waals surface area (Å²) < 4.78 is 35.1. The molecule has 5 rings (SSSR count). The Morgan fingerprint density at radius 3 is 2.46 bits per heavy atom. The Labute approximate surface area is 200 Å². The van der Waals surface area contributed by atoms with E-state index in [0.717, 1.165) is 12.0 Å². The maximum absolute atomic E-state index is 15.1. The van der Waals surface area contributed by atoms with Crippen LogP contribution in [0.5, 0.6) is 5.75 Å². The summed E-state index contributed by atoms with van der Waals surface area (Å²) in [6, 6.07) is 20.2. The van der Waals surface area contributed by atoms with Gasteiger partial charge in [0.05, 0.1) is 23.9 Å². The van der Waals surface area contributed by atoms with Crippen molar-refractivity contribution in [3.8, 4) is 22.7 Å². The predicted molar refractivity (Wildman–Crippen MR) is 132 cm³/mol. The zero-order valence-electron chi connectivity index (χ0n) is 18.9. The van der Waals surface area contributed by atoms with E-state index in [1.54, 1.807) is 24.3 Å². The topological polar surface area (TPSA) is 90.9 Å². The Morgan fingerprint density at radius 2 is 1.74 bits per heavy atom. The molecule has 9 heteroatoms. The average molecular weight is 472 g/mol. The Hall–Kier alpha value is -4.53. The van der Waals surface area contributed by atoms with E-state index in [0.29, 0.717) is 35.0 Å². The standard InChI is InChI=1S/C26H22F2N6O/c1-35-19-11-12-20(21(28)15-19)23-22-24(29)34(18-9-7-17(27)8-10-18)33-25(22)32-26(31-23)30-14-13-16-5-3-2-4-6-16/h2-12,15H,13-14,29H2,1H3,(H,30,32,33). The molecule has 0 aliphatic rings. The van der Waals surface area contributed by atoms with Gasteiger partial charge in [-0.3, -0.25) is 0 Å². The average Bonchev–Trinajstić information content (AvgIpc) is 3.21. The second-order valence-corrected chi connectivity index (χ2v) is 7.88. The summed E-state index contributed by atoms with van der Waals surface area (Å²) in [5.74, 6) is -0.00829. The van der Waals surface area contributed by atoms with E-state index in [1.807, 2.05) is 30.3 Å². The van der Waals surface area contributed by atoms with Crippen molar-refractivity contribution < 1.29 is 13.5 Å². The highest BCUT2D eigenvalue weighted by Gasteiger charge is 2.21. The molecule has 2 aromatic heterocycles. The number of halogens is 2. The van der Waals surface area contributed by atoms with Gasteiger partial charge in [0.25, 0.3) is 0 Å². The second kappa shape index (κ2) is 9.38. The van der Waals surface area contributed by atoms with Crippen LogP contribution in [0.4, 0.5) is 20.5 Å². The van der Waals surface area contributed by atoms with Gasteiger partial charge in [-0.2, -0.15) is 4.98 Å². The van der Waals surface area contributed by atoms with Crippen LogP contribution in [-0.4, -0.2) is 33.4 Å². The van der Waals surface area contributed by atoms with Crippen LogP contribution in [0.25, 0.3) is 28.0 Å². The van der Waals surface area contributed by atoms with E-state index in [9.17, 15) is 4.39 Å². The fourth-order valence-electron chi connectivity index (χ4n) is 3.84. The van der Waals surface area contributed by atoms with E-state index in [4.69, 9.17) is 10.5 Å². The predicted octanol–water partition coefficient (Wildman–Crippen LogP) is 5.01. The molecule has 0 radical (unpaired) electrons. The molecule has 7 nitrogen and oxygen atoms in total. The van der Waals surface area contributed by atoms with E-state index in [-0.39, 0.29) is 22.8 Å². The molecule has 0 atom stereocenters. The Morgan fingerprint density at radius 1 is 0.971 bits per heavy atom. The molecule has 5 aromatic rings. The second-order valence-electron chi connectivity index (χ2n) is 7.88. The first-order chi connectivity index (χ1) is 17.0. The number of aromatic nitrogens is 4. The molecule has 2 heterocycles. The fourth-order valence-corrected chi connectivity index (χ4v) is 3.84. The summed E-state index contributed by atoms with van der Waals surface area (Å²) in [6.07, 6.45) is 0.751. The lowest BCUT2D eigenvalue weighted by Gasteiger charge is -2.10. The lowest BCUT2D eigenvalue weighted by Crippen LogP contribution is -2.09. The summed E-state index contributed by atoms with van der Waals surface area (Å²) in [7, 11) is 1.47.